The lowest BCUT2D eigenvalue weighted by Gasteiger charge is -2.28. The molecule has 0 radical (unpaired) electrons. The van der Waals surface area contributed by atoms with E-state index in [1.54, 1.807) is 14.0 Å². The van der Waals surface area contributed by atoms with Gasteiger partial charge in [0.05, 0.1) is 32.3 Å². The maximum Gasteiger partial charge on any atom is 0.306 e. The molecule has 0 aliphatic rings. The molecule has 0 fully saturated rings. The highest BCUT2D eigenvalue weighted by Crippen LogP contribution is 2.32. The van der Waals surface area contributed by atoms with Crippen LogP contribution < -0.4 is 15.2 Å². The Kier molecular flexibility index (Phi) is 15.9. The van der Waals surface area contributed by atoms with E-state index in [0.29, 0.717) is 56.5 Å². The summed E-state index contributed by atoms with van der Waals surface area (Å²) in [6.07, 6.45) is 3.08. The first kappa shape index (κ1) is 32.7. The number of nitrogens with two attached hydrogens (primary N) is 1. The second-order valence-electron chi connectivity index (χ2n) is 10.0. The van der Waals surface area contributed by atoms with Crippen LogP contribution >= 0.6 is 0 Å². The van der Waals surface area contributed by atoms with E-state index in [4.69, 9.17) is 25.1 Å². The van der Waals surface area contributed by atoms with Gasteiger partial charge in [0.1, 0.15) is 0 Å². The number of carbonyl (C=O) groups is 2. The van der Waals surface area contributed by atoms with Crippen molar-refractivity contribution in [2.24, 2.45) is 23.5 Å². The van der Waals surface area contributed by atoms with Gasteiger partial charge in [0.25, 0.3) is 0 Å². The zero-order chi connectivity index (χ0) is 27.8. The Morgan fingerprint density at radius 2 is 1.62 bits per heavy atom. The van der Waals surface area contributed by atoms with E-state index in [1.165, 1.54) is 7.11 Å². The third kappa shape index (κ3) is 13.1. The largest absolute Gasteiger partial charge is 0.490 e. The summed E-state index contributed by atoms with van der Waals surface area (Å²) in [7, 11) is 3.03. The number of carboxylic acids is 1. The molecule has 4 unspecified atom stereocenters. The third-order valence-electron chi connectivity index (χ3n) is 6.55. The molecule has 1 rings (SSSR count). The molecule has 0 bridgehead atoms. The summed E-state index contributed by atoms with van der Waals surface area (Å²) in [4.78, 5) is 22.4. The van der Waals surface area contributed by atoms with E-state index < -0.39 is 24.0 Å². The van der Waals surface area contributed by atoms with Crippen LogP contribution in [-0.2, 0) is 25.5 Å². The van der Waals surface area contributed by atoms with Crippen LogP contribution in [0.3, 0.4) is 0 Å². The number of aliphatic hydroxyl groups excluding tert-OH is 1. The van der Waals surface area contributed by atoms with Crippen molar-refractivity contribution in [2.45, 2.75) is 77.9 Å². The monoisotopic (exact) mass is 525 g/mol. The van der Waals surface area contributed by atoms with Crippen LogP contribution in [0.1, 0.15) is 64.9 Å². The summed E-state index contributed by atoms with van der Waals surface area (Å²) in [5.41, 5.74) is 7.35. The quantitative estimate of drug-likeness (QED) is 0.171. The van der Waals surface area contributed by atoms with Crippen LogP contribution in [-0.4, -0.2) is 68.3 Å². The molecule has 0 heterocycles. The van der Waals surface area contributed by atoms with Crippen molar-refractivity contribution in [3.63, 3.8) is 0 Å². The van der Waals surface area contributed by atoms with Crippen molar-refractivity contribution in [2.75, 3.05) is 34.0 Å². The average Bonchev–Trinajstić information content (AvgIpc) is 2.86. The zero-order valence-electron chi connectivity index (χ0n) is 23.1. The smallest absolute Gasteiger partial charge is 0.306 e. The number of hydrogen-bond acceptors (Lipinski definition) is 8. The molecule has 0 saturated carbocycles. The fraction of sp³-hybridized carbons (Fsp3) is 0.714. The molecular weight excluding hydrogens is 478 g/mol. The molecule has 9 heteroatoms. The number of aliphatic hydroxyl groups is 1. The molecule has 0 aliphatic carbocycles. The molecule has 37 heavy (non-hydrogen) atoms. The van der Waals surface area contributed by atoms with Crippen LogP contribution in [0.2, 0.25) is 0 Å². The standard InChI is InChI=1S/C28H47NO8/c1-19(2)22(18-23(29)24(30)15-20(3)28(32)33)16-21-10-11-25(26(17-21)37-14-8-12-34-4)36-13-7-6-9-27(31)35-5/h10-11,17,19-20,22-24,30H,6-9,12-16,18,29H2,1-5H3,(H,32,33). The van der Waals surface area contributed by atoms with Crippen molar-refractivity contribution >= 4 is 11.9 Å². The van der Waals surface area contributed by atoms with Crippen molar-refractivity contribution in [3.05, 3.63) is 23.8 Å². The molecule has 212 valence electrons. The van der Waals surface area contributed by atoms with Crippen LogP contribution in [0.5, 0.6) is 11.5 Å². The number of benzene rings is 1. The number of hydrogen-bond donors (Lipinski definition) is 3. The molecule has 0 aliphatic heterocycles. The highest BCUT2D eigenvalue weighted by atomic mass is 16.5. The van der Waals surface area contributed by atoms with Crippen LogP contribution in [0, 0.1) is 17.8 Å². The second kappa shape index (κ2) is 18.0. The number of methoxy groups -OCH3 is 2. The molecule has 4 atom stereocenters. The highest BCUT2D eigenvalue weighted by Gasteiger charge is 2.26. The minimum absolute atomic E-state index is 0.131. The number of aliphatic carboxylic acids is 1. The van der Waals surface area contributed by atoms with E-state index in [9.17, 15) is 14.7 Å². The summed E-state index contributed by atoms with van der Waals surface area (Å²) in [5.74, 6) is -0.00308. The van der Waals surface area contributed by atoms with Crippen LogP contribution in [0.4, 0.5) is 0 Å². The summed E-state index contributed by atoms with van der Waals surface area (Å²) >= 11 is 0. The lowest BCUT2D eigenvalue weighted by molar-refractivity contribution is -0.142. The van der Waals surface area contributed by atoms with Gasteiger partial charge in [-0.05, 0) is 61.6 Å². The van der Waals surface area contributed by atoms with Crippen LogP contribution in [0.25, 0.3) is 0 Å². The van der Waals surface area contributed by atoms with Crippen molar-refractivity contribution in [3.8, 4) is 11.5 Å². The summed E-state index contributed by atoms with van der Waals surface area (Å²) in [6.45, 7) is 7.37. The number of carbonyl (C=O) groups excluding carboxylic acids is 1. The van der Waals surface area contributed by atoms with Gasteiger partial charge < -0.3 is 34.9 Å². The Morgan fingerprint density at radius 1 is 0.946 bits per heavy atom. The first-order chi connectivity index (χ1) is 17.6. The molecule has 4 N–H and O–H groups in total. The van der Waals surface area contributed by atoms with Gasteiger partial charge in [0.2, 0.25) is 0 Å². The minimum Gasteiger partial charge on any atom is -0.490 e. The molecule has 0 amide bonds. The maximum atomic E-state index is 11.3. The van der Waals surface area contributed by atoms with Crippen molar-refractivity contribution in [1.29, 1.82) is 0 Å². The summed E-state index contributed by atoms with van der Waals surface area (Å²) in [5, 5.41) is 19.6. The number of carboxylic acid groups (broad SMARTS) is 1. The Bertz CT molecular complexity index is 800. The molecular formula is C28H47NO8. The number of ether oxygens (including phenoxy) is 4. The number of rotatable bonds is 20. The SMILES string of the molecule is COCCCOc1cc(CC(CC(N)C(O)CC(C)C(=O)O)C(C)C)ccc1OCCCCC(=O)OC. The topological polar surface area (TPSA) is 138 Å². The average molecular weight is 526 g/mol. The van der Waals surface area contributed by atoms with Gasteiger partial charge in [0, 0.05) is 32.6 Å². The second-order valence-corrected chi connectivity index (χ2v) is 10.0. The van der Waals surface area contributed by atoms with Gasteiger partial charge >= 0.3 is 11.9 Å². The van der Waals surface area contributed by atoms with Crippen molar-refractivity contribution in [1.82, 2.24) is 0 Å². The summed E-state index contributed by atoms with van der Waals surface area (Å²) in [6, 6.07) is 5.39. The fourth-order valence-electron chi connectivity index (χ4n) is 3.99. The Labute approximate surface area is 221 Å². The lowest BCUT2D eigenvalue weighted by atomic mass is 9.82. The maximum absolute atomic E-state index is 11.3. The molecule has 0 spiro atoms. The fourth-order valence-corrected chi connectivity index (χ4v) is 3.99. The predicted octanol–water partition coefficient (Wildman–Crippen LogP) is 3.83. The van der Waals surface area contributed by atoms with E-state index in [0.717, 1.165) is 24.8 Å². The zero-order valence-corrected chi connectivity index (χ0v) is 23.1. The Morgan fingerprint density at radius 3 is 2.24 bits per heavy atom. The number of unbranched alkanes of at least 4 members (excludes halogenated alkanes) is 1. The summed E-state index contributed by atoms with van der Waals surface area (Å²) < 4.78 is 21.8. The molecule has 0 aromatic heterocycles. The Hall–Kier alpha value is -2.36. The Balaban J connectivity index is 2.86. The first-order valence-electron chi connectivity index (χ1n) is 13.2. The number of esters is 1. The molecule has 1 aromatic rings. The first-order valence-corrected chi connectivity index (χ1v) is 13.2. The van der Waals surface area contributed by atoms with E-state index in [-0.39, 0.29) is 18.3 Å². The van der Waals surface area contributed by atoms with Gasteiger partial charge in [0.15, 0.2) is 11.5 Å². The molecule has 0 saturated heterocycles. The van der Waals surface area contributed by atoms with E-state index >= 15 is 0 Å². The van der Waals surface area contributed by atoms with Gasteiger partial charge in [-0.15, -0.1) is 0 Å². The van der Waals surface area contributed by atoms with E-state index in [2.05, 4.69) is 18.6 Å². The lowest BCUT2D eigenvalue weighted by Crippen LogP contribution is -2.39. The predicted molar refractivity (Wildman–Crippen MR) is 142 cm³/mol. The normalized spacial score (nSPS) is 14.6. The van der Waals surface area contributed by atoms with Crippen LogP contribution in [0.15, 0.2) is 18.2 Å². The van der Waals surface area contributed by atoms with Gasteiger partial charge in [-0.1, -0.05) is 26.8 Å². The molecule has 9 nitrogen and oxygen atoms in total. The molecule has 1 aromatic carbocycles. The van der Waals surface area contributed by atoms with Gasteiger partial charge in [-0.3, -0.25) is 9.59 Å². The third-order valence-corrected chi connectivity index (χ3v) is 6.55. The minimum atomic E-state index is -0.935. The van der Waals surface area contributed by atoms with Crippen molar-refractivity contribution < 1.29 is 38.7 Å². The highest BCUT2D eigenvalue weighted by molar-refractivity contribution is 5.69. The van der Waals surface area contributed by atoms with E-state index in [1.807, 2.05) is 18.2 Å². The van der Waals surface area contributed by atoms with Gasteiger partial charge in [-0.25, -0.2) is 0 Å². The van der Waals surface area contributed by atoms with Gasteiger partial charge in [-0.2, -0.15) is 0 Å².